The van der Waals surface area contributed by atoms with Crippen molar-refractivity contribution < 1.29 is 9.90 Å². The minimum Gasteiger partial charge on any atom is -0.508 e. The normalized spacial score (nSPS) is 10.4. The Hall–Kier alpha value is -2.63. The summed E-state index contributed by atoms with van der Waals surface area (Å²) in [6.07, 6.45) is 4.57. The molecule has 0 aliphatic carbocycles. The topological polar surface area (TPSA) is 69.6 Å². The first-order valence-electron chi connectivity index (χ1n) is 7.46. The van der Waals surface area contributed by atoms with E-state index < -0.39 is 0 Å². The van der Waals surface area contributed by atoms with E-state index in [2.05, 4.69) is 9.97 Å². The third-order valence-electron chi connectivity index (χ3n) is 3.50. The predicted octanol–water partition coefficient (Wildman–Crippen LogP) is 1.84. The largest absolute Gasteiger partial charge is 0.508 e. The minimum absolute atomic E-state index is 0.0646. The maximum atomic E-state index is 12.2. The Kier molecular flexibility index (Phi) is 5.51. The molecular weight excluding hydrogens is 292 g/mol. The molecule has 1 aromatic carbocycles. The van der Waals surface area contributed by atoms with Crippen LogP contribution in [-0.2, 0) is 17.8 Å². The van der Waals surface area contributed by atoms with Gasteiger partial charge in [-0.2, -0.15) is 0 Å². The van der Waals surface area contributed by atoms with Gasteiger partial charge in [0.2, 0.25) is 11.9 Å². The van der Waals surface area contributed by atoms with Gasteiger partial charge in [-0.3, -0.25) is 4.79 Å². The number of carbonyl (C=O) groups is 1. The second-order valence-electron chi connectivity index (χ2n) is 5.70. The van der Waals surface area contributed by atoms with E-state index in [1.807, 2.05) is 31.1 Å². The van der Waals surface area contributed by atoms with Crippen LogP contribution in [0.25, 0.3) is 0 Å². The van der Waals surface area contributed by atoms with Gasteiger partial charge >= 0.3 is 0 Å². The summed E-state index contributed by atoms with van der Waals surface area (Å²) in [5, 5.41) is 9.25. The Morgan fingerprint density at radius 1 is 1.04 bits per heavy atom. The summed E-state index contributed by atoms with van der Waals surface area (Å²) in [7, 11) is 5.54. The number of anilines is 1. The lowest BCUT2D eigenvalue weighted by molar-refractivity contribution is -0.130. The van der Waals surface area contributed by atoms with Gasteiger partial charge in [-0.1, -0.05) is 12.1 Å². The molecule has 0 atom stereocenters. The van der Waals surface area contributed by atoms with Gasteiger partial charge in [0.1, 0.15) is 5.75 Å². The van der Waals surface area contributed by atoms with Gasteiger partial charge in [-0.15, -0.1) is 0 Å². The Bertz CT molecular complexity index is 639. The summed E-state index contributed by atoms with van der Waals surface area (Å²) in [5.74, 6) is 0.947. The lowest BCUT2D eigenvalue weighted by atomic mass is 10.1. The molecule has 0 saturated heterocycles. The molecule has 0 unspecified atom stereocenters. The maximum Gasteiger partial charge on any atom is 0.224 e. The number of hydrogen-bond donors (Lipinski definition) is 1. The average molecular weight is 314 g/mol. The van der Waals surface area contributed by atoms with Crippen LogP contribution < -0.4 is 4.90 Å². The monoisotopic (exact) mass is 314 g/mol. The molecule has 1 aromatic heterocycles. The first kappa shape index (κ1) is 16.7. The Balaban J connectivity index is 1.85. The van der Waals surface area contributed by atoms with Crippen LogP contribution in [0.3, 0.4) is 0 Å². The number of benzene rings is 1. The molecule has 0 radical (unpaired) electrons. The predicted molar refractivity (Wildman–Crippen MR) is 89.3 cm³/mol. The smallest absolute Gasteiger partial charge is 0.224 e. The van der Waals surface area contributed by atoms with E-state index in [-0.39, 0.29) is 11.7 Å². The van der Waals surface area contributed by atoms with Gasteiger partial charge < -0.3 is 14.9 Å². The Labute approximate surface area is 136 Å². The van der Waals surface area contributed by atoms with Crippen LogP contribution in [0.4, 0.5) is 5.95 Å². The van der Waals surface area contributed by atoms with Crippen molar-refractivity contribution >= 4 is 11.9 Å². The van der Waals surface area contributed by atoms with E-state index in [1.165, 1.54) is 0 Å². The van der Waals surface area contributed by atoms with Crippen molar-refractivity contribution in [1.82, 2.24) is 14.9 Å². The summed E-state index contributed by atoms with van der Waals surface area (Å²) >= 11 is 0. The van der Waals surface area contributed by atoms with Crippen molar-refractivity contribution in [2.24, 2.45) is 0 Å². The van der Waals surface area contributed by atoms with Gasteiger partial charge in [0, 0.05) is 52.1 Å². The van der Waals surface area contributed by atoms with Crippen molar-refractivity contribution in [3.05, 3.63) is 47.8 Å². The Morgan fingerprint density at radius 3 is 2.22 bits per heavy atom. The fourth-order valence-corrected chi connectivity index (χ4v) is 2.13. The van der Waals surface area contributed by atoms with Crippen LogP contribution in [0, 0.1) is 0 Å². The molecule has 0 saturated carbocycles. The van der Waals surface area contributed by atoms with Gasteiger partial charge in [0.05, 0.1) is 0 Å². The van der Waals surface area contributed by atoms with Crippen LogP contribution in [0.1, 0.15) is 17.5 Å². The summed E-state index contributed by atoms with van der Waals surface area (Å²) in [6, 6.07) is 6.92. The number of aromatic hydroxyl groups is 1. The molecule has 122 valence electrons. The summed E-state index contributed by atoms with van der Waals surface area (Å²) in [4.78, 5) is 24.2. The highest BCUT2D eigenvalue weighted by molar-refractivity contribution is 5.76. The van der Waals surface area contributed by atoms with Crippen LogP contribution >= 0.6 is 0 Å². The number of carbonyl (C=O) groups excluding carboxylic acids is 1. The highest BCUT2D eigenvalue weighted by Crippen LogP contribution is 2.12. The number of hydrogen-bond acceptors (Lipinski definition) is 5. The fraction of sp³-hybridized carbons (Fsp3) is 0.353. The quantitative estimate of drug-likeness (QED) is 0.881. The maximum absolute atomic E-state index is 12.2. The molecule has 0 aliphatic rings. The number of aryl methyl sites for hydroxylation is 1. The molecule has 2 aromatic rings. The van der Waals surface area contributed by atoms with E-state index in [1.54, 1.807) is 36.5 Å². The zero-order valence-corrected chi connectivity index (χ0v) is 13.7. The van der Waals surface area contributed by atoms with Crippen molar-refractivity contribution in [3.63, 3.8) is 0 Å². The SMILES string of the molecule is CN(Cc1cnc(N(C)C)nc1)C(=O)CCc1ccc(O)cc1. The van der Waals surface area contributed by atoms with Gasteiger partial charge in [-0.25, -0.2) is 9.97 Å². The molecule has 2 rings (SSSR count). The molecule has 0 fully saturated rings. The standard InChI is InChI=1S/C17H22N4O2/c1-20(2)17-18-10-14(11-19-17)12-21(3)16(23)9-6-13-4-7-15(22)8-5-13/h4-5,7-8,10-11,22H,6,9,12H2,1-3H3. The van der Waals surface area contributed by atoms with Gasteiger partial charge in [0.15, 0.2) is 0 Å². The highest BCUT2D eigenvalue weighted by atomic mass is 16.3. The van der Waals surface area contributed by atoms with Gasteiger partial charge in [0.25, 0.3) is 0 Å². The number of nitrogens with zero attached hydrogens (tertiary/aromatic N) is 4. The third kappa shape index (κ3) is 4.95. The Morgan fingerprint density at radius 2 is 1.65 bits per heavy atom. The first-order chi connectivity index (χ1) is 11.0. The fourth-order valence-electron chi connectivity index (χ4n) is 2.13. The zero-order chi connectivity index (χ0) is 16.8. The number of phenols is 1. The van der Waals surface area contributed by atoms with E-state index >= 15 is 0 Å². The number of aromatic nitrogens is 2. The molecule has 0 aliphatic heterocycles. The number of phenolic OH excluding ortho intramolecular Hbond substituents is 1. The summed E-state index contributed by atoms with van der Waals surface area (Å²) in [5.41, 5.74) is 1.93. The van der Waals surface area contributed by atoms with Crippen LogP contribution in [0.15, 0.2) is 36.7 Å². The van der Waals surface area contributed by atoms with Crippen molar-refractivity contribution in [1.29, 1.82) is 0 Å². The van der Waals surface area contributed by atoms with Crippen LogP contribution in [0.5, 0.6) is 5.75 Å². The molecule has 1 amide bonds. The number of amides is 1. The minimum atomic E-state index is 0.0646. The molecular formula is C17H22N4O2. The summed E-state index contributed by atoms with van der Waals surface area (Å²) < 4.78 is 0. The molecule has 23 heavy (non-hydrogen) atoms. The molecule has 0 spiro atoms. The van der Waals surface area contributed by atoms with Crippen molar-refractivity contribution in [2.75, 3.05) is 26.0 Å². The van der Waals surface area contributed by atoms with E-state index in [0.29, 0.717) is 25.3 Å². The highest BCUT2D eigenvalue weighted by Gasteiger charge is 2.10. The molecule has 1 N–H and O–H groups in total. The van der Waals surface area contributed by atoms with E-state index in [9.17, 15) is 9.90 Å². The average Bonchev–Trinajstić information content (AvgIpc) is 2.54. The second kappa shape index (κ2) is 7.58. The molecule has 6 heteroatoms. The molecule has 1 heterocycles. The van der Waals surface area contributed by atoms with Gasteiger partial charge in [-0.05, 0) is 24.1 Å². The zero-order valence-electron chi connectivity index (χ0n) is 13.7. The van der Waals surface area contributed by atoms with E-state index in [4.69, 9.17) is 0 Å². The lowest BCUT2D eigenvalue weighted by Crippen LogP contribution is -2.26. The first-order valence-corrected chi connectivity index (χ1v) is 7.46. The lowest BCUT2D eigenvalue weighted by Gasteiger charge is -2.17. The van der Waals surface area contributed by atoms with E-state index in [0.717, 1.165) is 11.1 Å². The summed E-state index contributed by atoms with van der Waals surface area (Å²) in [6.45, 7) is 0.488. The van der Waals surface area contributed by atoms with Crippen LogP contribution in [-0.4, -0.2) is 47.0 Å². The molecule has 6 nitrogen and oxygen atoms in total. The number of rotatable bonds is 6. The molecule has 0 bridgehead atoms. The third-order valence-corrected chi connectivity index (χ3v) is 3.50. The van der Waals surface area contributed by atoms with Crippen molar-refractivity contribution in [2.45, 2.75) is 19.4 Å². The van der Waals surface area contributed by atoms with Crippen molar-refractivity contribution in [3.8, 4) is 5.75 Å². The van der Waals surface area contributed by atoms with Crippen LogP contribution in [0.2, 0.25) is 0 Å². The second-order valence-corrected chi connectivity index (χ2v) is 5.70.